The maximum absolute atomic E-state index is 13.9. The average molecular weight is 552 g/mol. The predicted molar refractivity (Wildman–Crippen MR) is 155 cm³/mol. The average Bonchev–Trinajstić information content (AvgIpc) is 2.92. The molecule has 9 nitrogen and oxygen atoms in total. The normalized spacial score (nSPS) is 12.4. The molecule has 3 N–H and O–H groups in total. The first kappa shape index (κ1) is 32.2. The van der Waals surface area contributed by atoms with E-state index in [1.165, 1.54) is 4.90 Å². The molecule has 2 rings (SSSR count). The summed E-state index contributed by atoms with van der Waals surface area (Å²) >= 11 is 0. The van der Waals surface area contributed by atoms with Crippen LogP contribution in [-0.4, -0.2) is 59.8 Å². The third-order valence-corrected chi connectivity index (χ3v) is 6.02. The predicted octanol–water partition coefficient (Wildman–Crippen LogP) is 4.65. The number of nitrogens with zero attached hydrogens (tertiary/aromatic N) is 1. The van der Waals surface area contributed by atoms with E-state index in [1.807, 2.05) is 0 Å². The van der Waals surface area contributed by atoms with Gasteiger partial charge in [0.25, 0.3) is 5.91 Å². The molecular formula is C31H41N3O6. The van der Waals surface area contributed by atoms with Gasteiger partial charge in [-0.1, -0.05) is 44.2 Å². The number of amides is 3. The Kier molecular flexibility index (Phi) is 12.5. The third-order valence-electron chi connectivity index (χ3n) is 6.02. The van der Waals surface area contributed by atoms with Crippen LogP contribution in [0.2, 0.25) is 0 Å². The van der Waals surface area contributed by atoms with Gasteiger partial charge in [-0.2, -0.15) is 0 Å². The van der Waals surface area contributed by atoms with Crippen molar-refractivity contribution in [1.82, 2.24) is 10.2 Å². The van der Waals surface area contributed by atoms with Crippen LogP contribution in [0.25, 0.3) is 0 Å². The molecule has 0 fully saturated rings. The summed E-state index contributed by atoms with van der Waals surface area (Å²) in [4.78, 5) is 41.6. The summed E-state index contributed by atoms with van der Waals surface area (Å²) in [5.74, 6) is 2.11. The van der Waals surface area contributed by atoms with Gasteiger partial charge in [-0.3, -0.25) is 9.59 Å². The van der Waals surface area contributed by atoms with Gasteiger partial charge in [-0.25, -0.2) is 4.79 Å². The number of terminal acetylenes is 1. The van der Waals surface area contributed by atoms with Gasteiger partial charge in [0.1, 0.15) is 23.4 Å². The summed E-state index contributed by atoms with van der Waals surface area (Å²) in [6, 6.07) is 11.2. The monoisotopic (exact) mass is 551 g/mol. The molecule has 0 aromatic heterocycles. The van der Waals surface area contributed by atoms with Crippen molar-refractivity contribution in [2.45, 2.75) is 71.1 Å². The Labute approximate surface area is 237 Å². The highest BCUT2D eigenvalue weighted by atomic mass is 16.6. The standard InChI is InChI=1S/C31H41N3O6/c1-7-9-10-11-20-34(29(37)26(21-35)33-30(38)40-31(3,4)5)27(23-14-12-22(8-2)13-15-23)28(36)32-24-16-18-25(39-6)19-17-24/h2,12-19,26-27,35H,7,9-11,20-21H2,1,3-6H3,(H,32,36)(H,33,38). The number of methoxy groups -OCH3 is 1. The van der Waals surface area contributed by atoms with Crippen LogP contribution < -0.4 is 15.4 Å². The molecule has 2 aromatic carbocycles. The van der Waals surface area contributed by atoms with Gasteiger partial charge in [0.2, 0.25) is 5.91 Å². The zero-order valence-corrected chi connectivity index (χ0v) is 24.0. The lowest BCUT2D eigenvalue weighted by molar-refractivity contribution is -0.141. The fourth-order valence-corrected chi connectivity index (χ4v) is 4.03. The topological polar surface area (TPSA) is 117 Å². The number of anilines is 1. The van der Waals surface area contributed by atoms with Crippen molar-refractivity contribution in [3.05, 3.63) is 59.7 Å². The molecule has 9 heteroatoms. The second kappa shape index (κ2) is 15.5. The van der Waals surface area contributed by atoms with E-state index >= 15 is 0 Å². The number of ether oxygens (including phenoxy) is 2. The zero-order valence-electron chi connectivity index (χ0n) is 24.0. The van der Waals surface area contributed by atoms with Gasteiger partial charge in [0.15, 0.2) is 0 Å². The molecule has 0 saturated carbocycles. The minimum absolute atomic E-state index is 0.225. The van der Waals surface area contributed by atoms with Crippen LogP contribution in [-0.2, 0) is 14.3 Å². The van der Waals surface area contributed by atoms with Crippen LogP contribution >= 0.6 is 0 Å². The lowest BCUT2D eigenvalue weighted by Crippen LogP contribution is -2.54. The SMILES string of the molecule is C#Cc1ccc(C(C(=O)Nc2ccc(OC)cc2)N(CCCCCC)C(=O)C(CO)NC(=O)OC(C)(C)C)cc1. The summed E-state index contributed by atoms with van der Waals surface area (Å²) in [6.07, 6.45) is 8.10. The second-order valence-corrected chi connectivity index (χ2v) is 10.4. The molecule has 40 heavy (non-hydrogen) atoms. The maximum Gasteiger partial charge on any atom is 0.408 e. The summed E-state index contributed by atoms with van der Waals surface area (Å²) in [6.45, 7) is 6.72. The number of rotatable bonds is 13. The highest BCUT2D eigenvalue weighted by Gasteiger charge is 2.36. The molecule has 0 aliphatic carbocycles. The van der Waals surface area contributed by atoms with E-state index in [0.29, 0.717) is 29.0 Å². The Balaban J connectivity index is 2.48. The van der Waals surface area contributed by atoms with Crippen molar-refractivity contribution < 1.29 is 29.0 Å². The van der Waals surface area contributed by atoms with E-state index in [-0.39, 0.29) is 6.54 Å². The van der Waals surface area contributed by atoms with Gasteiger partial charge in [0.05, 0.1) is 13.7 Å². The van der Waals surface area contributed by atoms with E-state index in [1.54, 1.807) is 76.4 Å². The van der Waals surface area contributed by atoms with Crippen molar-refractivity contribution in [3.8, 4) is 18.1 Å². The highest BCUT2D eigenvalue weighted by molar-refractivity contribution is 5.99. The molecule has 2 unspecified atom stereocenters. The van der Waals surface area contributed by atoms with Crippen molar-refractivity contribution in [2.24, 2.45) is 0 Å². The molecule has 2 atom stereocenters. The van der Waals surface area contributed by atoms with Crippen LogP contribution in [0.4, 0.5) is 10.5 Å². The summed E-state index contributed by atoms with van der Waals surface area (Å²) in [5, 5.41) is 15.4. The molecular weight excluding hydrogens is 510 g/mol. The first-order valence-electron chi connectivity index (χ1n) is 13.4. The lowest BCUT2D eigenvalue weighted by atomic mass is 10.0. The summed E-state index contributed by atoms with van der Waals surface area (Å²) in [5.41, 5.74) is 0.869. The molecule has 0 aliphatic heterocycles. The molecule has 2 aromatic rings. The van der Waals surface area contributed by atoms with Crippen LogP contribution in [0.3, 0.4) is 0 Å². The quantitative estimate of drug-likeness (QED) is 0.246. The van der Waals surface area contributed by atoms with Crippen LogP contribution in [0.15, 0.2) is 48.5 Å². The van der Waals surface area contributed by atoms with E-state index in [9.17, 15) is 19.5 Å². The molecule has 216 valence electrons. The van der Waals surface area contributed by atoms with Crippen LogP contribution in [0.5, 0.6) is 5.75 Å². The maximum atomic E-state index is 13.9. The summed E-state index contributed by atoms with van der Waals surface area (Å²) < 4.78 is 10.5. The van der Waals surface area contributed by atoms with E-state index in [0.717, 1.165) is 19.3 Å². The van der Waals surface area contributed by atoms with E-state index in [4.69, 9.17) is 15.9 Å². The number of nitrogens with one attached hydrogen (secondary N) is 2. The first-order chi connectivity index (χ1) is 19.0. The number of carbonyl (C=O) groups is 3. The van der Waals surface area contributed by atoms with Gasteiger partial charge >= 0.3 is 6.09 Å². The Bertz CT molecular complexity index is 1150. The number of hydrogen-bond donors (Lipinski definition) is 3. The lowest BCUT2D eigenvalue weighted by Gasteiger charge is -2.34. The van der Waals surface area contributed by atoms with Gasteiger partial charge in [-0.05, 0) is 69.2 Å². The Morgan fingerprint density at radius 2 is 1.68 bits per heavy atom. The molecule has 0 aliphatic rings. The number of benzene rings is 2. The molecule has 3 amide bonds. The van der Waals surface area contributed by atoms with Crippen molar-refractivity contribution in [2.75, 3.05) is 25.6 Å². The Hall–Kier alpha value is -4.03. The second-order valence-electron chi connectivity index (χ2n) is 10.4. The van der Waals surface area contributed by atoms with Crippen LogP contribution in [0, 0.1) is 12.3 Å². The molecule has 0 bridgehead atoms. The molecule has 0 heterocycles. The molecule has 0 radical (unpaired) electrons. The van der Waals surface area contributed by atoms with Crippen LogP contribution in [0.1, 0.15) is 70.5 Å². The molecule has 0 spiro atoms. The number of carbonyl (C=O) groups excluding carboxylic acids is 3. The number of hydrogen-bond acceptors (Lipinski definition) is 6. The van der Waals surface area contributed by atoms with Crippen molar-refractivity contribution in [1.29, 1.82) is 0 Å². The largest absolute Gasteiger partial charge is 0.497 e. The smallest absolute Gasteiger partial charge is 0.408 e. The van der Waals surface area contributed by atoms with E-state index in [2.05, 4.69) is 23.5 Å². The fourth-order valence-electron chi connectivity index (χ4n) is 4.03. The highest BCUT2D eigenvalue weighted by Crippen LogP contribution is 2.26. The number of aliphatic hydroxyl groups excluding tert-OH is 1. The van der Waals surface area contributed by atoms with Gasteiger partial charge in [0, 0.05) is 17.8 Å². The van der Waals surface area contributed by atoms with Gasteiger partial charge < -0.3 is 30.1 Å². The van der Waals surface area contributed by atoms with Crippen molar-refractivity contribution >= 4 is 23.6 Å². The van der Waals surface area contributed by atoms with Gasteiger partial charge in [-0.15, -0.1) is 6.42 Å². The number of aliphatic hydroxyl groups is 1. The van der Waals surface area contributed by atoms with Crippen molar-refractivity contribution in [3.63, 3.8) is 0 Å². The Morgan fingerprint density at radius 1 is 1.02 bits per heavy atom. The molecule has 0 saturated heterocycles. The summed E-state index contributed by atoms with van der Waals surface area (Å²) in [7, 11) is 1.55. The fraction of sp³-hybridized carbons (Fsp3) is 0.452. The Morgan fingerprint density at radius 3 is 2.20 bits per heavy atom. The van der Waals surface area contributed by atoms with E-state index < -0.39 is 42.2 Å². The minimum atomic E-state index is -1.32. The minimum Gasteiger partial charge on any atom is -0.497 e. The zero-order chi connectivity index (χ0) is 29.7. The number of alkyl carbamates (subject to hydrolysis) is 1. The third kappa shape index (κ3) is 9.93. The first-order valence-corrected chi connectivity index (χ1v) is 13.4. The number of unbranched alkanes of at least 4 members (excludes halogenated alkanes) is 3.